The van der Waals surface area contributed by atoms with Gasteiger partial charge in [0.25, 0.3) is 0 Å². The highest BCUT2D eigenvalue weighted by Crippen LogP contribution is 2.28. The quantitative estimate of drug-likeness (QED) is 0.554. The molecular formula is C21H19ClN2O3. The topological polar surface area (TPSA) is 51.9 Å². The Morgan fingerprint density at radius 1 is 1.30 bits per heavy atom. The first kappa shape index (κ1) is 20.2. The highest BCUT2D eigenvalue weighted by molar-refractivity contribution is 6.30. The molecule has 6 heteroatoms. The fourth-order valence-corrected chi connectivity index (χ4v) is 2.55. The van der Waals surface area contributed by atoms with Gasteiger partial charge in [-0.15, -0.1) is 6.42 Å². The van der Waals surface area contributed by atoms with Gasteiger partial charge in [0.05, 0.1) is 12.7 Å². The van der Waals surface area contributed by atoms with Crippen LogP contribution in [0.1, 0.15) is 23.7 Å². The number of aryl methyl sites for hydroxylation is 1. The fourth-order valence-electron chi connectivity index (χ4n) is 2.42. The molecule has 27 heavy (non-hydrogen) atoms. The van der Waals surface area contributed by atoms with E-state index < -0.39 is 6.17 Å². The highest BCUT2D eigenvalue weighted by Gasteiger charge is 2.18. The number of terminal acetylenes is 1. The Morgan fingerprint density at radius 3 is 2.67 bits per heavy atom. The van der Waals surface area contributed by atoms with Gasteiger partial charge in [-0.25, -0.2) is 6.57 Å². The molecule has 0 saturated carbocycles. The third-order valence-corrected chi connectivity index (χ3v) is 4.04. The first-order valence-corrected chi connectivity index (χ1v) is 8.59. The number of ether oxygens (including phenoxy) is 2. The van der Waals surface area contributed by atoms with Gasteiger partial charge in [0, 0.05) is 11.4 Å². The summed E-state index contributed by atoms with van der Waals surface area (Å²) in [5.41, 5.74) is 1.61. The number of nitrogens with zero attached hydrogens (tertiary/aromatic N) is 1. The van der Waals surface area contributed by atoms with Crippen molar-refractivity contribution >= 4 is 17.5 Å². The van der Waals surface area contributed by atoms with Crippen molar-refractivity contribution < 1.29 is 14.3 Å². The molecule has 0 radical (unpaired) electrons. The lowest BCUT2D eigenvalue weighted by Crippen LogP contribution is -2.26. The predicted molar refractivity (Wildman–Crippen MR) is 105 cm³/mol. The summed E-state index contributed by atoms with van der Waals surface area (Å²) in [7, 11) is 1.54. The van der Waals surface area contributed by atoms with Crippen LogP contribution >= 0.6 is 11.6 Å². The maximum absolute atomic E-state index is 12.2. The molecule has 0 bridgehead atoms. The molecule has 0 aromatic heterocycles. The summed E-state index contributed by atoms with van der Waals surface area (Å²) in [4.78, 5) is 15.7. The zero-order valence-corrected chi connectivity index (χ0v) is 15.6. The third kappa shape index (κ3) is 5.95. The number of benzene rings is 2. The van der Waals surface area contributed by atoms with E-state index in [0.29, 0.717) is 28.5 Å². The van der Waals surface area contributed by atoms with Crippen LogP contribution in [0, 0.1) is 18.9 Å². The van der Waals surface area contributed by atoms with E-state index in [1.807, 2.05) is 12.1 Å². The molecule has 2 rings (SSSR count). The Bertz CT molecular complexity index is 866. The van der Waals surface area contributed by atoms with Gasteiger partial charge in [0.2, 0.25) is 5.91 Å². The van der Waals surface area contributed by atoms with Crippen LogP contribution in [0.15, 0.2) is 42.5 Å². The minimum Gasteiger partial charge on any atom is -0.493 e. The van der Waals surface area contributed by atoms with Crippen molar-refractivity contribution in [2.45, 2.75) is 19.0 Å². The molecule has 0 saturated heterocycles. The van der Waals surface area contributed by atoms with Gasteiger partial charge in [-0.1, -0.05) is 23.6 Å². The van der Waals surface area contributed by atoms with Gasteiger partial charge in [0.1, 0.15) is 6.61 Å². The normalized spacial score (nSPS) is 11.0. The van der Waals surface area contributed by atoms with Crippen LogP contribution in [0.5, 0.6) is 11.5 Å². The van der Waals surface area contributed by atoms with E-state index in [9.17, 15) is 4.79 Å². The van der Waals surface area contributed by atoms with E-state index in [-0.39, 0.29) is 18.9 Å². The third-order valence-electron chi connectivity index (χ3n) is 3.79. The molecule has 1 atom stereocenters. The van der Waals surface area contributed by atoms with Crippen molar-refractivity contribution in [3.63, 3.8) is 0 Å². The average Bonchev–Trinajstić information content (AvgIpc) is 2.69. The van der Waals surface area contributed by atoms with Crippen molar-refractivity contribution in [2.75, 3.05) is 13.7 Å². The van der Waals surface area contributed by atoms with Gasteiger partial charge in [-0.05, 0) is 48.4 Å². The van der Waals surface area contributed by atoms with Crippen molar-refractivity contribution in [1.82, 2.24) is 5.32 Å². The summed E-state index contributed by atoms with van der Waals surface area (Å²) >= 11 is 5.85. The van der Waals surface area contributed by atoms with Gasteiger partial charge < -0.3 is 9.47 Å². The number of rotatable bonds is 8. The second-order valence-electron chi connectivity index (χ2n) is 5.63. The van der Waals surface area contributed by atoms with Crippen LogP contribution in [0.4, 0.5) is 0 Å². The monoisotopic (exact) mass is 382 g/mol. The molecule has 0 heterocycles. The van der Waals surface area contributed by atoms with Gasteiger partial charge >= 0.3 is 6.17 Å². The van der Waals surface area contributed by atoms with Gasteiger partial charge in [-0.3, -0.25) is 15.0 Å². The number of methoxy groups -OCH3 is 1. The number of carbonyl (C=O) groups excluding carboxylic acids is 1. The van der Waals surface area contributed by atoms with E-state index >= 15 is 0 Å². The molecule has 0 spiro atoms. The maximum atomic E-state index is 12.2. The first-order chi connectivity index (χ1) is 13.1. The first-order valence-electron chi connectivity index (χ1n) is 8.22. The molecule has 2 aromatic rings. The lowest BCUT2D eigenvalue weighted by Gasteiger charge is -2.11. The second kappa shape index (κ2) is 10.1. The zero-order valence-electron chi connectivity index (χ0n) is 14.9. The van der Waals surface area contributed by atoms with Crippen molar-refractivity contribution in [3.05, 3.63) is 70.0 Å². The molecular weight excluding hydrogens is 364 g/mol. The van der Waals surface area contributed by atoms with E-state index in [1.165, 1.54) is 0 Å². The summed E-state index contributed by atoms with van der Waals surface area (Å²) < 4.78 is 10.7. The molecule has 1 N–H and O–H groups in total. The summed E-state index contributed by atoms with van der Waals surface area (Å²) in [5, 5.41) is 3.31. The maximum Gasteiger partial charge on any atom is 0.324 e. The van der Waals surface area contributed by atoms with Crippen molar-refractivity contribution in [2.24, 2.45) is 0 Å². The van der Waals surface area contributed by atoms with Crippen LogP contribution in [0.3, 0.4) is 0 Å². The van der Waals surface area contributed by atoms with E-state index in [2.05, 4.69) is 16.1 Å². The number of carbonyl (C=O) groups is 1. The van der Waals surface area contributed by atoms with Crippen molar-refractivity contribution in [1.29, 1.82) is 0 Å². The molecule has 0 aliphatic carbocycles. The number of nitrogens with one attached hydrogen (secondary N) is 1. The summed E-state index contributed by atoms with van der Waals surface area (Å²) in [6.45, 7) is 7.46. The largest absolute Gasteiger partial charge is 0.493 e. The lowest BCUT2D eigenvalue weighted by molar-refractivity contribution is -0.121. The van der Waals surface area contributed by atoms with Crippen LogP contribution in [0.25, 0.3) is 4.85 Å². The van der Waals surface area contributed by atoms with E-state index in [4.69, 9.17) is 34.1 Å². The Labute approximate surface area is 164 Å². The number of amides is 1. The Morgan fingerprint density at radius 2 is 2.04 bits per heavy atom. The summed E-state index contributed by atoms with van der Waals surface area (Å²) in [6, 6.07) is 12.3. The van der Waals surface area contributed by atoms with E-state index in [1.54, 1.807) is 37.4 Å². The molecule has 1 amide bonds. The molecule has 0 fully saturated rings. The molecule has 138 valence electrons. The number of halogens is 1. The SMILES string of the molecule is [C-]#[N+][C@@H](NC(=O)CCc1ccc(OCC#C)c(OC)c1)c1ccc(Cl)cc1. The van der Waals surface area contributed by atoms with Crippen LogP contribution in [-0.4, -0.2) is 19.6 Å². The number of hydrogen-bond acceptors (Lipinski definition) is 3. The Hall–Kier alpha value is -3.15. The summed E-state index contributed by atoms with van der Waals surface area (Å²) in [6.07, 6.45) is 5.21. The zero-order chi connectivity index (χ0) is 19.6. The minimum atomic E-state index is -0.733. The van der Waals surface area contributed by atoms with E-state index in [0.717, 1.165) is 5.56 Å². The molecule has 0 unspecified atom stereocenters. The lowest BCUT2D eigenvalue weighted by atomic mass is 10.1. The fraction of sp³-hybridized carbons (Fsp3) is 0.238. The average molecular weight is 383 g/mol. The Kier molecular flexibility index (Phi) is 7.55. The summed E-state index contributed by atoms with van der Waals surface area (Å²) in [5.74, 6) is 3.30. The molecule has 2 aromatic carbocycles. The Balaban J connectivity index is 1.95. The van der Waals surface area contributed by atoms with Crippen LogP contribution < -0.4 is 14.8 Å². The van der Waals surface area contributed by atoms with Crippen molar-refractivity contribution in [3.8, 4) is 23.8 Å². The second-order valence-corrected chi connectivity index (χ2v) is 6.07. The molecule has 0 aliphatic rings. The van der Waals surface area contributed by atoms with Crippen LogP contribution in [-0.2, 0) is 11.2 Å². The van der Waals surface area contributed by atoms with Crippen LogP contribution in [0.2, 0.25) is 5.02 Å². The standard InChI is InChI=1S/C21H19ClN2O3/c1-4-13-27-18-11-5-15(14-19(18)26-3)6-12-20(25)24-21(23-2)16-7-9-17(22)10-8-16/h1,5,7-11,14,21H,6,12-13H2,3H3,(H,24,25)/t21-/m0/s1. The molecule has 0 aliphatic heterocycles. The minimum absolute atomic E-state index is 0.154. The highest BCUT2D eigenvalue weighted by atomic mass is 35.5. The smallest absolute Gasteiger partial charge is 0.324 e. The predicted octanol–water partition coefficient (Wildman–Crippen LogP) is 4.03. The van der Waals surface area contributed by atoms with Gasteiger partial charge in [-0.2, -0.15) is 0 Å². The molecule has 5 nitrogen and oxygen atoms in total. The van der Waals surface area contributed by atoms with Gasteiger partial charge in [0.15, 0.2) is 11.5 Å². The number of hydrogen-bond donors (Lipinski definition) is 1.